The van der Waals surface area contributed by atoms with Crippen molar-refractivity contribution in [2.45, 2.75) is 18.4 Å². The van der Waals surface area contributed by atoms with Gasteiger partial charge in [-0.3, -0.25) is 10.1 Å². The highest BCUT2D eigenvalue weighted by Gasteiger charge is 2.24. The number of nitro groups is 1. The maximum absolute atomic E-state index is 12.6. The van der Waals surface area contributed by atoms with Gasteiger partial charge in [-0.2, -0.15) is 4.31 Å². The molecular weight excluding hydrogens is 375 g/mol. The number of aryl methyl sites for hydroxylation is 1. The van der Waals surface area contributed by atoms with Crippen LogP contribution in [0.15, 0.2) is 41.3 Å². The Labute approximate surface area is 149 Å². The van der Waals surface area contributed by atoms with Crippen LogP contribution < -0.4 is 0 Å². The highest BCUT2D eigenvalue weighted by molar-refractivity contribution is 7.89. The lowest BCUT2D eigenvalue weighted by molar-refractivity contribution is -0.385. The van der Waals surface area contributed by atoms with Crippen molar-refractivity contribution in [3.8, 4) is 0 Å². The summed E-state index contributed by atoms with van der Waals surface area (Å²) in [5, 5.41) is 11.7. The van der Waals surface area contributed by atoms with Crippen molar-refractivity contribution in [1.29, 1.82) is 0 Å². The van der Waals surface area contributed by atoms with Crippen molar-refractivity contribution in [3.63, 3.8) is 0 Å². The SMILES string of the molecule is Cc1ccc(S(=O)(=O)N(C)Cc2ccc(Cl)c(Cl)c2)cc1[N+](=O)[O-]. The monoisotopic (exact) mass is 388 g/mol. The topological polar surface area (TPSA) is 80.5 Å². The zero-order valence-electron chi connectivity index (χ0n) is 12.9. The van der Waals surface area contributed by atoms with Gasteiger partial charge in [0.2, 0.25) is 10.0 Å². The predicted octanol–water partition coefficient (Wildman–Crippen LogP) is 4.03. The lowest BCUT2D eigenvalue weighted by Crippen LogP contribution is -2.26. The second-order valence-electron chi connectivity index (χ2n) is 5.21. The van der Waals surface area contributed by atoms with E-state index < -0.39 is 14.9 Å². The maximum atomic E-state index is 12.6. The van der Waals surface area contributed by atoms with E-state index in [1.807, 2.05) is 0 Å². The van der Waals surface area contributed by atoms with E-state index >= 15 is 0 Å². The van der Waals surface area contributed by atoms with E-state index in [1.165, 1.54) is 19.2 Å². The van der Waals surface area contributed by atoms with Gasteiger partial charge in [-0.05, 0) is 30.7 Å². The van der Waals surface area contributed by atoms with Crippen molar-refractivity contribution >= 4 is 38.9 Å². The molecule has 6 nitrogen and oxygen atoms in total. The lowest BCUT2D eigenvalue weighted by atomic mass is 10.2. The molecule has 0 atom stereocenters. The van der Waals surface area contributed by atoms with Crippen molar-refractivity contribution in [2.24, 2.45) is 0 Å². The third kappa shape index (κ3) is 3.87. The molecule has 0 aliphatic rings. The second-order valence-corrected chi connectivity index (χ2v) is 8.07. The molecule has 0 bridgehead atoms. The van der Waals surface area contributed by atoms with E-state index in [0.717, 1.165) is 10.4 Å². The number of rotatable bonds is 5. The minimum atomic E-state index is -3.88. The number of sulfonamides is 1. The summed E-state index contributed by atoms with van der Waals surface area (Å²) < 4.78 is 26.3. The predicted molar refractivity (Wildman–Crippen MR) is 92.9 cm³/mol. The molecule has 0 heterocycles. The molecule has 0 saturated heterocycles. The molecule has 0 spiro atoms. The zero-order chi connectivity index (χ0) is 18.1. The third-order valence-electron chi connectivity index (χ3n) is 3.47. The smallest absolute Gasteiger partial charge is 0.258 e. The number of halogens is 2. The van der Waals surface area contributed by atoms with Gasteiger partial charge in [-0.25, -0.2) is 8.42 Å². The fourth-order valence-corrected chi connectivity index (χ4v) is 3.61. The van der Waals surface area contributed by atoms with Crippen molar-refractivity contribution < 1.29 is 13.3 Å². The van der Waals surface area contributed by atoms with Crippen LogP contribution >= 0.6 is 23.2 Å². The molecule has 2 rings (SSSR count). The number of hydrogen-bond donors (Lipinski definition) is 0. The van der Waals surface area contributed by atoms with Crippen LogP contribution in [0.5, 0.6) is 0 Å². The van der Waals surface area contributed by atoms with E-state index in [-0.39, 0.29) is 17.1 Å². The number of benzene rings is 2. The summed E-state index contributed by atoms with van der Waals surface area (Å²) in [6.07, 6.45) is 0. The first-order valence-electron chi connectivity index (χ1n) is 6.78. The highest BCUT2D eigenvalue weighted by Crippen LogP contribution is 2.26. The average Bonchev–Trinajstić information content (AvgIpc) is 2.50. The molecule has 24 heavy (non-hydrogen) atoms. The van der Waals surface area contributed by atoms with Crippen molar-refractivity contribution in [3.05, 3.63) is 67.7 Å². The quantitative estimate of drug-likeness (QED) is 0.571. The molecule has 0 fully saturated rings. The van der Waals surface area contributed by atoms with Gasteiger partial charge in [0.05, 0.1) is 19.9 Å². The molecule has 0 N–H and O–H groups in total. The van der Waals surface area contributed by atoms with E-state index in [1.54, 1.807) is 25.1 Å². The summed E-state index contributed by atoms with van der Waals surface area (Å²) >= 11 is 11.8. The Hall–Kier alpha value is -1.67. The third-order valence-corrected chi connectivity index (χ3v) is 6.01. The zero-order valence-corrected chi connectivity index (χ0v) is 15.2. The van der Waals surface area contributed by atoms with Gasteiger partial charge in [0.25, 0.3) is 5.69 Å². The first-order chi connectivity index (χ1) is 11.1. The Balaban J connectivity index is 2.34. The number of nitro benzene ring substituents is 1. The fraction of sp³-hybridized carbons (Fsp3) is 0.200. The van der Waals surface area contributed by atoms with Crippen LogP contribution in [0.2, 0.25) is 10.0 Å². The summed E-state index contributed by atoms with van der Waals surface area (Å²) in [4.78, 5) is 10.3. The van der Waals surface area contributed by atoms with Gasteiger partial charge in [0.15, 0.2) is 0 Å². The van der Waals surface area contributed by atoms with Crippen LogP contribution in [0.25, 0.3) is 0 Å². The van der Waals surface area contributed by atoms with Crippen molar-refractivity contribution in [2.75, 3.05) is 7.05 Å². The Morgan fingerprint density at radius 1 is 1.12 bits per heavy atom. The Morgan fingerprint density at radius 3 is 2.38 bits per heavy atom. The first-order valence-corrected chi connectivity index (χ1v) is 8.98. The fourth-order valence-electron chi connectivity index (χ4n) is 2.11. The molecule has 128 valence electrons. The molecule has 9 heteroatoms. The van der Waals surface area contributed by atoms with Crippen LogP contribution in [0, 0.1) is 17.0 Å². The van der Waals surface area contributed by atoms with E-state index in [0.29, 0.717) is 21.2 Å². The minimum absolute atomic E-state index is 0.0564. The van der Waals surface area contributed by atoms with Crippen molar-refractivity contribution in [1.82, 2.24) is 4.31 Å². The summed E-state index contributed by atoms with van der Waals surface area (Å²) in [6.45, 7) is 1.61. The van der Waals surface area contributed by atoms with Gasteiger partial charge in [-0.1, -0.05) is 35.3 Å². The highest BCUT2D eigenvalue weighted by atomic mass is 35.5. The largest absolute Gasteiger partial charge is 0.273 e. The summed E-state index contributed by atoms with van der Waals surface area (Å²) in [6, 6.07) is 8.65. The number of nitrogens with zero attached hydrogens (tertiary/aromatic N) is 2. The summed E-state index contributed by atoms with van der Waals surface area (Å²) in [5.41, 5.74) is 0.808. The molecule has 2 aromatic rings. The summed E-state index contributed by atoms with van der Waals surface area (Å²) in [7, 11) is -2.49. The second kappa shape index (κ2) is 7.06. The Bertz CT molecular complexity index is 900. The summed E-state index contributed by atoms with van der Waals surface area (Å²) in [5.74, 6) is 0. The van der Waals surface area contributed by atoms with Crippen LogP contribution in [0.3, 0.4) is 0 Å². The van der Waals surface area contributed by atoms with Crippen LogP contribution in [0.1, 0.15) is 11.1 Å². The van der Waals surface area contributed by atoms with Crippen LogP contribution in [-0.4, -0.2) is 24.7 Å². The Kier molecular flexibility index (Phi) is 5.49. The average molecular weight is 389 g/mol. The van der Waals surface area contributed by atoms with E-state index in [2.05, 4.69) is 0 Å². The maximum Gasteiger partial charge on any atom is 0.273 e. The molecule has 2 aromatic carbocycles. The molecule has 0 aromatic heterocycles. The molecule has 0 aliphatic heterocycles. The van der Waals surface area contributed by atoms with Gasteiger partial charge < -0.3 is 0 Å². The van der Waals surface area contributed by atoms with Gasteiger partial charge in [-0.15, -0.1) is 0 Å². The molecule has 0 saturated carbocycles. The van der Waals surface area contributed by atoms with E-state index in [9.17, 15) is 18.5 Å². The first kappa shape index (κ1) is 18.7. The van der Waals surface area contributed by atoms with Crippen LogP contribution in [-0.2, 0) is 16.6 Å². The van der Waals surface area contributed by atoms with Gasteiger partial charge >= 0.3 is 0 Å². The Morgan fingerprint density at radius 2 is 1.79 bits per heavy atom. The van der Waals surface area contributed by atoms with Gasteiger partial charge in [0, 0.05) is 25.2 Å². The standard InChI is InChI=1S/C15H14Cl2N2O4S/c1-10-3-5-12(8-15(10)19(20)21)24(22,23)18(2)9-11-4-6-13(16)14(17)7-11/h3-8H,9H2,1-2H3. The van der Waals surface area contributed by atoms with Gasteiger partial charge in [0.1, 0.15) is 0 Å². The normalized spacial score (nSPS) is 11.7. The molecule has 0 aliphatic carbocycles. The lowest BCUT2D eigenvalue weighted by Gasteiger charge is -2.17. The van der Waals surface area contributed by atoms with Crippen LogP contribution in [0.4, 0.5) is 5.69 Å². The molecule has 0 amide bonds. The molecule has 0 radical (unpaired) electrons. The minimum Gasteiger partial charge on any atom is -0.258 e. The number of hydrogen-bond acceptors (Lipinski definition) is 4. The molecular formula is C15H14Cl2N2O4S. The van der Waals surface area contributed by atoms with E-state index in [4.69, 9.17) is 23.2 Å². The molecule has 0 unspecified atom stereocenters.